The van der Waals surface area contributed by atoms with E-state index in [1.54, 1.807) is 0 Å². The molecule has 2 atom stereocenters. The maximum Gasteiger partial charge on any atom is 0.0920 e. The van der Waals surface area contributed by atoms with Crippen LogP contribution in [0.4, 0.5) is 0 Å². The molecule has 2 rings (SSSR count). The summed E-state index contributed by atoms with van der Waals surface area (Å²) in [5.74, 6) is 0. The highest BCUT2D eigenvalue weighted by molar-refractivity contribution is 9.09. The number of fused-ring (bicyclic) bond motifs is 1. The van der Waals surface area contributed by atoms with Gasteiger partial charge < -0.3 is 5.11 Å². The van der Waals surface area contributed by atoms with E-state index in [1.165, 1.54) is 11.1 Å². The Bertz CT molecular complexity index is 322. The summed E-state index contributed by atoms with van der Waals surface area (Å²) in [7, 11) is 0. The second-order valence-corrected chi connectivity index (χ2v) is 4.73. The van der Waals surface area contributed by atoms with E-state index in [0.717, 1.165) is 18.4 Å². The summed E-state index contributed by atoms with van der Waals surface area (Å²) in [5, 5.41) is 9.77. The van der Waals surface area contributed by atoms with Crippen molar-refractivity contribution in [3.05, 3.63) is 34.9 Å². The lowest BCUT2D eigenvalue weighted by Gasteiger charge is -2.06. The molecule has 1 N–H and O–H groups in total. The molecular formula is C11H13BrO. The van der Waals surface area contributed by atoms with Gasteiger partial charge in [-0.2, -0.15) is 0 Å². The molecule has 0 amide bonds. The normalized spacial score (nSPS) is 26.1. The van der Waals surface area contributed by atoms with Gasteiger partial charge in [0.15, 0.2) is 0 Å². The fraction of sp³-hybridized carbons (Fsp3) is 0.455. The number of aliphatic hydroxyl groups excluding tert-OH is 1. The van der Waals surface area contributed by atoms with Gasteiger partial charge in [-0.15, -0.1) is 0 Å². The molecule has 0 spiro atoms. The fourth-order valence-electron chi connectivity index (χ4n) is 1.86. The Morgan fingerprint density at radius 1 is 1.54 bits per heavy atom. The lowest BCUT2D eigenvalue weighted by atomic mass is 10.0. The van der Waals surface area contributed by atoms with Gasteiger partial charge in [-0.3, -0.25) is 0 Å². The van der Waals surface area contributed by atoms with Gasteiger partial charge in [0.1, 0.15) is 0 Å². The lowest BCUT2D eigenvalue weighted by molar-refractivity contribution is 0.187. The van der Waals surface area contributed by atoms with Crippen LogP contribution in [0.25, 0.3) is 0 Å². The van der Waals surface area contributed by atoms with E-state index in [0.29, 0.717) is 0 Å². The molecule has 0 bridgehead atoms. The first-order valence-electron chi connectivity index (χ1n) is 4.66. The fourth-order valence-corrected chi connectivity index (χ4v) is 2.49. The molecule has 1 aliphatic carbocycles. The van der Waals surface area contributed by atoms with Gasteiger partial charge >= 0.3 is 0 Å². The van der Waals surface area contributed by atoms with Crippen LogP contribution in [0.2, 0.25) is 0 Å². The van der Waals surface area contributed by atoms with Crippen molar-refractivity contribution in [2.45, 2.75) is 30.7 Å². The number of hydrogen-bond acceptors (Lipinski definition) is 1. The molecule has 13 heavy (non-hydrogen) atoms. The molecule has 1 aromatic rings. The number of alkyl halides is 1. The Balaban J connectivity index is 2.40. The summed E-state index contributed by atoms with van der Waals surface area (Å²) < 4.78 is 0. The first kappa shape index (κ1) is 9.22. The van der Waals surface area contributed by atoms with Crippen LogP contribution < -0.4 is 0 Å². The molecule has 0 fully saturated rings. The average molecular weight is 241 g/mol. The highest BCUT2D eigenvalue weighted by Gasteiger charge is 2.28. The minimum absolute atomic E-state index is 0.203. The number of benzene rings is 1. The molecule has 70 valence electrons. The van der Waals surface area contributed by atoms with E-state index in [1.807, 2.05) is 0 Å². The minimum atomic E-state index is -0.319. The Morgan fingerprint density at radius 3 is 3.00 bits per heavy atom. The van der Waals surface area contributed by atoms with Crippen molar-refractivity contribution in [1.82, 2.24) is 0 Å². The molecule has 1 nitrogen and oxygen atoms in total. The zero-order valence-electron chi connectivity index (χ0n) is 7.63. The molecule has 1 aliphatic rings. The third-order valence-electron chi connectivity index (χ3n) is 2.69. The molecule has 0 radical (unpaired) electrons. The summed E-state index contributed by atoms with van der Waals surface area (Å²) in [6.07, 6.45) is 1.70. The number of halogens is 1. The van der Waals surface area contributed by atoms with E-state index in [9.17, 15) is 5.11 Å². The van der Waals surface area contributed by atoms with Gasteiger partial charge in [0, 0.05) is 4.83 Å². The van der Waals surface area contributed by atoms with E-state index >= 15 is 0 Å². The standard InChI is InChI=1S/C11H13BrO/c1-2-7-3-4-9-8(5-7)6-10(12)11(9)13/h3-5,10-11,13H,2,6H2,1H3. The van der Waals surface area contributed by atoms with Crippen LogP contribution in [-0.4, -0.2) is 9.93 Å². The van der Waals surface area contributed by atoms with Crippen molar-refractivity contribution < 1.29 is 5.11 Å². The molecule has 0 aliphatic heterocycles. The zero-order chi connectivity index (χ0) is 9.42. The predicted molar refractivity (Wildman–Crippen MR) is 57.2 cm³/mol. The lowest BCUT2D eigenvalue weighted by Crippen LogP contribution is -2.03. The SMILES string of the molecule is CCc1ccc2c(c1)CC(Br)C2O. The van der Waals surface area contributed by atoms with E-state index in [-0.39, 0.29) is 10.9 Å². The molecule has 2 heteroatoms. The van der Waals surface area contributed by atoms with Crippen molar-refractivity contribution >= 4 is 15.9 Å². The number of aliphatic hydroxyl groups is 1. The minimum Gasteiger partial charge on any atom is -0.387 e. The first-order valence-corrected chi connectivity index (χ1v) is 5.57. The van der Waals surface area contributed by atoms with Crippen molar-refractivity contribution in [3.63, 3.8) is 0 Å². The molecule has 1 aromatic carbocycles. The first-order chi connectivity index (χ1) is 6.22. The van der Waals surface area contributed by atoms with Crippen LogP contribution >= 0.6 is 15.9 Å². The Morgan fingerprint density at radius 2 is 2.31 bits per heavy atom. The maximum atomic E-state index is 9.77. The van der Waals surface area contributed by atoms with Crippen LogP contribution in [0.5, 0.6) is 0 Å². The number of aryl methyl sites for hydroxylation is 1. The molecule has 0 saturated heterocycles. The Hall–Kier alpha value is -0.340. The summed E-state index contributed by atoms with van der Waals surface area (Å²) in [4.78, 5) is 0.203. The predicted octanol–water partition coefficient (Wildman–Crippen LogP) is 2.60. The highest BCUT2D eigenvalue weighted by atomic mass is 79.9. The van der Waals surface area contributed by atoms with Crippen LogP contribution in [0.15, 0.2) is 18.2 Å². The van der Waals surface area contributed by atoms with Crippen molar-refractivity contribution in [3.8, 4) is 0 Å². The largest absolute Gasteiger partial charge is 0.387 e. The Labute approximate surface area is 86.9 Å². The summed E-state index contributed by atoms with van der Waals surface area (Å²) in [6.45, 7) is 2.15. The smallest absolute Gasteiger partial charge is 0.0920 e. The topological polar surface area (TPSA) is 20.2 Å². The molecule has 0 saturated carbocycles. The monoisotopic (exact) mass is 240 g/mol. The van der Waals surface area contributed by atoms with Gasteiger partial charge in [-0.25, -0.2) is 0 Å². The molecule has 2 unspecified atom stereocenters. The molecular weight excluding hydrogens is 228 g/mol. The van der Waals surface area contributed by atoms with Gasteiger partial charge in [0.25, 0.3) is 0 Å². The number of hydrogen-bond donors (Lipinski definition) is 1. The van der Waals surface area contributed by atoms with E-state index < -0.39 is 0 Å². The summed E-state index contributed by atoms with van der Waals surface area (Å²) in [6, 6.07) is 6.37. The van der Waals surface area contributed by atoms with Gasteiger partial charge in [0.2, 0.25) is 0 Å². The third kappa shape index (κ3) is 1.53. The van der Waals surface area contributed by atoms with Crippen molar-refractivity contribution in [2.24, 2.45) is 0 Å². The van der Waals surface area contributed by atoms with Gasteiger partial charge in [-0.05, 0) is 29.5 Å². The van der Waals surface area contributed by atoms with Crippen LogP contribution in [-0.2, 0) is 12.8 Å². The van der Waals surface area contributed by atoms with Gasteiger partial charge in [0.05, 0.1) is 6.10 Å². The van der Waals surface area contributed by atoms with Crippen molar-refractivity contribution in [1.29, 1.82) is 0 Å². The van der Waals surface area contributed by atoms with E-state index in [2.05, 4.69) is 41.1 Å². The van der Waals surface area contributed by atoms with E-state index in [4.69, 9.17) is 0 Å². The van der Waals surface area contributed by atoms with Crippen molar-refractivity contribution in [2.75, 3.05) is 0 Å². The summed E-state index contributed by atoms with van der Waals surface area (Å²) in [5.41, 5.74) is 3.75. The van der Waals surface area contributed by atoms with Crippen LogP contribution in [0, 0.1) is 0 Å². The number of rotatable bonds is 1. The molecule has 0 aromatic heterocycles. The highest BCUT2D eigenvalue weighted by Crippen LogP contribution is 2.36. The van der Waals surface area contributed by atoms with Crippen LogP contribution in [0.1, 0.15) is 29.7 Å². The molecule has 0 heterocycles. The summed E-state index contributed by atoms with van der Waals surface area (Å²) >= 11 is 3.48. The second-order valence-electron chi connectivity index (χ2n) is 3.55. The average Bonchev–Trinajstić information content (AvgIpc) is 2.42. The second kappa shape index (κ2) is 3.43. The Kier molecular flexibility index (Phi) is 2.43. The van der Waals surface area contributed by atoms with Crippen LogP contribution in [0.3, 0.4) is 0 Å². The van der Waals surface area contributed by atoms with Gasteiger partial charge in [-0.1, -0.05) is 41.1 Å². The maximum absolute atomic E-state index is 9.77. The third-order valence-corrected chi connectivity index (χ3v) is 3.52. The zero-order valence-corrected chi connectivity index (χ0v) is 9.21. The quantitative estimate of drug-likeness (QED) is 0.749.